The highest BCUT2D eigenvalue weighted by atomic mass is 32.2. The highest BCUT2D eigenvalue weighted by Gasteiger charge is 2.19. The Balaban J connectivity index is 1.18. The summed E-state index contributed by atoms with van der Waals surface area (Å²) < 4.78 is 21.6. The molecular formula is C28H32N6O4S. The number of hydrogen-bond acceptors (Lipinski definition) is 10. The van der Waals surface area contributed by atoms with Gasteiger partial charge in [-0.1, -0.05) is 0 Å². The zero-order valence-corrected chi connectivity index (χ0v) is 23.3. The molecule has 0 radical (unpaired) electrons. The van der Waals surface area contributed by atoms with Gasteiger partial charge in [0, 0.05) is 47.6 Å². The van der Waals surface area contributed by atoms with Gasteiger partial charge in [0.25, 0.3) is 0 Å². The lowest BCUT2D eigenvalue weighted by molar-refractivity contribution is 0.268. The topological polar surface area (TPSA) is 110 Å². The van der Waals surface area contributed by atoms with E-state index in [9.17, 15) is 0 Å². The summed E-state index contributed by atoms with van der Waals surface area (Å²) >= 11 is 1.83. The molecule has 0 unspecified atom stereocenters. The number of hydrogen-bond donors (Lipinski definition) is 1. The minimum Gasteiger partial charge on any atom is -0.493 e. The molecule has 0 spiro atoms. The number of aromatic nitrogens is 4. The molecule has 11 heteroatoms. The summed E-state index contributed by atoms with van der Waals surface area (Å²) in [7, 11) is 6.50. The Morgan fingerprint density at radius 3 is 2.18 bits per heavy atom. The first kappa shape index (κ1) is 26.6. The van der Waals surface area contributed by atoms with Gasteiger partial charge in [0.15, 0.2) is 23.0 Å². The summed E-state index contributed by atoms with van der Waals surface area (Å²) in [6.07, 6.45) is 1.01. The van der Waals surface area contributed by atoms with Crippen LogP contribution in [0.3, 0.4) is 0 Å². The zero-order valence-electron chi connectivity index (χ0n) is 22.5. The van der Waals surface area contributed by atoms with Crippen molar-refractivity contribution in [1.82, 2.24) is 25.1 Å². The summed E-state index contributed by atoms with van der Waals surface area (Å²) in [4.78, 5) is 5.16. The van der Waals surface area contributed by atoms with Gasteiger partial charge >= 0.3 is 0 Å². The maximum absolute atomic E-state index is 6.20. The van der Waals surface area contributed by atoms with E-state index in [0.29, 0.717) is 28.6 Å². The summed E-state index contributed by atoms with van der Waals surface area (Å²) in [6, 6.07) is 15.8. The van der Waals surface area contributed by atoms with Crippen molar-refractivity contribution in [2.24, 2.45) is 0 Å². The summed E-state index contributed by atoms with van der Waals surface area (Å²) in [5.74, 6) is 4.08. The van der Waals surface area contributed by atoms with Crippen molar-refractivity contribution in [3.8, 4) is 40.1 Å². The molecule has 1 aliphatic heterocycles. The molecule has 39 heavy (non-hydrogen) atoms. The highest BCUT2D eigenvalue weighted by Crippen LogP contribution is 2.36. The van der Waals surface area contributed by atoms with Crippen LogP contribution >= 0.6 is 11.8 Å². The molecule has 0 amide bonds. The summed E-state index contributed by atoms with van der Waals surface area (Å²) in [6.45, 7) is 2.95. The van der Waals surface area contributed by atoms with Gasteiger partial charge in [-0.3, -0.25) is 4.90 Å². The number of methoxy groups -OCH3 is 4. The molecule has 204 valence electrons. The van der Waals surface area contributed by atoms with Crippen LogP contribution in [0.25, 0.3) is 17.1 Å². The Labute approximate surface area is 232 Å². The largest absolute Gasteiger partial charge is 0.493 e. The fourth-order valence-electron chi connectivity index (χ4n) is 4.62. The molecule has 2 N–H and O–H groups in total. The third-order valence-electron chi connectivity index (χ3n) is 6.75. The Bertz CT molecular complexity index is 1440. The predicted molar refractivity (Wildman–Crippen MR) is 151 cm³/mol. The fourth-order valence-corrected chi connectivity index (χ4v) is 5.53. The van der Waals surface area contributed by atoms with Crippen molar-refractivity contribution in [3.05, 3.63) is 59.7 Å². The molecule has 4 aromatic rings. The van der Waals surface area contributed by atoms with Crippen molar-refractivity contribution in [2.45, 2.75) is 17.9 Å². The monoisotopic (exact) mass is 548 g/mol. The van der Waals surface area contributed by atoms with Crippen LogP contribution in [0.2, 0.25) is 0 Å². The minimum absolute atomic E-state index is 0.408. The van der Waals surface area contributed by atoms with Crippen molar-refractivity contribution < 1.29 is 18.9 Å². The van der Waals surface area contributed by atoms with Crippen LogP contribution in [0, 0.1) is 0 Å². The fraction of sp³-hybridized carbons (Fsp3) is 0.321. The smallest absolute Gasteiger partial charge is 0.207 e. The van der Waals surface area contributed by atoms with Crippen LogP contribution in [-0.2, 0) is 13.0 Å². The normalized spacial score (nSPS) is 13.1. The van der Waals surface area contributed by atoms with Crippen molar-refractivity contribution in [3.63, 3.8) is 0 Å². The lowest BCUT2D eigenvalue weighted by Gasteiger charge is -2.29. The maximum atomic E-state index is 6.20. The number of nitrogens with two attached hydrogens (primary N) is 1. The maximum Gasteiger partial charge on any atom is 0.207 e. The first-order valence-electron chi connectivity index (χ1n) is 12.5. The minimum atomic E-state index is 0.408. The number of fused-ring (bicyclic) bond motifs is 1. The molecule has 0 saturated heterocycles. The Kier molecular flexibility index (Phi) is 8.08. The van der Waals surface area contributed by atoms with Crippen LogP contribution in [0.15, 0.2) is 53.4 Å². The molecule has 0 saturated carbocycles. The first-order valence-corrected chi connectivity index (χ1v) is 13.5. The molecule has 0 atom stereocenters. The number of anilines is 1. The molecule has 1 aromatic heterocycles. The molecular weight excluding hydrogens is 516 g/mol. The predicted octanol–water partition coefficient (Wildman–Crippen LogP) is 4.10. The van der Waals surface area contributed by atoms with Gasteiger partial charge in [0.2, 0.25) is 5.82 Å². The van der Waals surface area contributed by atoms with E-state index in [1.165, 1.54) is 20.8 Å². The average molecular weight is 549 g/mol. The van der Waals surface area contributed by atoms with Gasteiger partial charge in [-0.2, -0.15) is 0 Å². The van der Waals surface area contributed by atoms with Gasteiger partial charge < -0.3 is 24.7 Å². The van der Waals surface area contributed by atoms with Crippen molar-refractivity contribution in [1.29, 1.82) is 0 Å². The van der Waals surface area contributed by atoms with E-state index in [4.69, 9.17) is 24.7 Å². The second-order valence-corrected chi connectivity index (χ2v) is 10.2. The van der Waals surface area contributed by atoms with Crippen molar-refractivity contribution in [2.75, 3.05) is 53.0 Å². The molecule has 5 rings (SSSR count). The standard InChI is InChI=1S/C28H32N6O4S/c1-35-24-13-18-9-10-33(17-19(18)14-25(24)36-2)11-12-39-21-7-5-20(6-8-21)34-31-28(30-32-34)22-15-26(37-3)27(38-4)16-23(22)29/h5-8,13-16H,9-12,17,29H2,1-4H3. The van der Waals surface area contributed by atoms with Gasteiger partial charge in [0.1, 0.15) is 0 Å². The SMILES string of the molecule is COc1cc(N)c(-c2nnn(-c3ccc(SCCN4CCc5cc(OC)c(OC)cc5C4)cc3)n2)cc1OC. The van der Waals surface area contributed by atoms with Crippen molar-refractivity contribution >= 4 is 17.4 Å². The van der Waals surface area contributed by atoms with E-state index >= 15 is 0 Å². The summed E-state index contributed by atoms with van der Waals surface area (Å²) in [5, 5.41) is 12.9. The first-order chi connectivity index (χ1) is 19.0. The number of nitrogen functional groups attached to an aromatic ring is 1. The second-order valence-electron chi connectivity index (χ2n) is 9.04. The van der Waals surface area contributed by atoms with Crippen LogP contribution in [0.1, 0.15) is 11.1 Å². The molecule has 3 aromatic carbocycles. The van der Waals surface area contributed by atoms with Crippen LogP contribution in [0.4, 0.5) is 5.69 Å². The second kappa shape index (κ2) is 11.8. The average Bonchev–Trinajstić information content (AvgIpc) is 3.46. The van der Waals surface area contributed by atoms with Gasteiger partial charge in [-0.05, 0) is 65.2 Å². The van der Waals surface area contributed by atoms with E-state index in [1.54, 1.807) is 40.6 Å². The Morgan fingerprint density at radius 1 is 0.846 bits per heavy atom. The third kappa shape index (κ3) is 5.74. The molecule has 10 nitrogen and oxygen atoms in total. The zero-order chi connectivity index (χ0) is 27.4. The van der Waals surface area contributed by atoms with E-state index in [2.05, 4.69) is 44.6 Å². The number of tetrazole rings is 1. The molecule has 0 aliphatic carbocycles. The van der Waals surface area contributed by atoms with Gasteiger partial charge in [-0.25, -0.2) is 0 Å². The molecule has 0 fully saturated rings. The number of benzene rings is 3. The third-order valence-corrected chi connectivity index (χ3v) is 7.74. The van der Waals surface area contributed by atoms with E-state index in [-0.39, 0.29) is 0 Å². The summed E-state index contributed by atoms with van der Waals surface area (Å²) in [5.41, 5.74) is 10.8. The van der Waals surface area contributed by atoms with E-state index < -0.39 is 0 Å². The van der Waals surface area contributed by atoms with E-state index in [1.807, 2.05) is 23.9 Å². The highest BCUT2D eigenvalue weighted by molar-refractivity contribution is 7.99. The molecule has 0 bridgehead atoms. The number of rotatable bonds is 10. The van der Waals surface area contributed by atoms with E-state index in [0.717, 1.165) is 49.0 Å². The lowest BCUT2D eigenvalue weighted by Crippen LogP contribution is -2.32. The lowest BCUT2D eigenvalue weighted by atomic mass is 9.99. The van der Waals surface area contributed by atoms with Gasteiger partial charge in [-0.15, -0.1) is 26.8 Å². The molecule has 2 heterocycles. The number of nitrogens with zero attached hydrogens (tertiary/aromatic N) is 5. The molecule has 1 aliphatic rings. The van der Waals surface area contributed by atoms with Crippen LogP contribution < -0.4 is 24.7 Å². The Morgan fingerprint density at radius 2 is 1.49 bits per heavy atom. The number of ether oxygens (including phenoxy) is 4. The Hall–Kier alpha value is -3.96. The van der Waals surface area contributed by atoms with Gasteiger partial charge in [0.05, 0.1) is 34.1 Å². The quantitative estimate of drug-likeness (QED) is 0.230. The van der Waals surface area contributed by atoms with Crippen LogP contribution in [-0.4, -0.2) is 72.4 Å². The number of thioether (sulfide) groups is 1. The van der Waals surface area contributed by atoms with Crippen LogP contribution in [0.5, 0.6) is 23.0 Å².